The van der Waals surface area contributed by atoms with Crippen molar-refractivity contribution in [2.24, 2.45) is 0 Å². The average Bonchev–Trinajstić information content (AvgIpc) is 2.93. The van der Waals surface area contributed by atoms with Gasteiger partial charge in [-0.3, -0.25) is 4.98 Å². The van der Waals surface area contributed by atoms with Gasteiger partial charge in [0.05, 0.1) is 44.0 Å². The number of aromatic nitrogens is 3. The lowest BCUT2D eigenvalue weighted by atomic mass is 10.3. The number of nitrogens with zero attached hydrogens (tertiary/aromatic N) is 5. The fourth-order valence-corrected chi connectivity index (χ4v) is 4.44. The van der Waals surface area contributed by atoms with Crippen LogP contribution in [0.4, 0.5) is 0 Å². The fraction of sp³-hybridized carbons (Fsp3) is 0.611. The maximum Gasteiger partial charge on any atom is 0.259 e. The van der Waals surface area contributed by atoms with E-state index < -0.39 is 8.53 Å². The molecular weight excluding hydrogens is 363 g/mol. The van der Waals surface area contributed by atoms with Gasteiger partial charge < -0.3 is 14.5 Å². The van der Waals surface area contributed by atoms with Crippen LogP contribution in [0.2, 0.25) is 0 Å². The maximum atomic E-state index is 8.77. The molecule has 9 heteroatoms. The minimum absolute atomic E-state index is 0.290. The molecule has 0 radical (unpaired) electrons. The summed E-state index contributed by atoms with van der Waals surface area (Å²) in [6.07, 6.45) is 3.87. The van der Waals surface area contributed by atoms with Gasteiger partial charge in [0.2, 0.25) is 0 Å². The van der Waals surface area contributed by atoms with Crippen LogP contribution in [0.5, 0.6) is 0 Å². The highest BCUT2D eigenvalue weighted by atomic mass is 31.2. The van der Waals surface area contributed by atoms with E-state index in [0.717, 1.165) is 16.9 Å². The van der Waals surface area contributed by atoms with Crippen molar-refractivity contribution in [3.8, 4) is 6.07 Å². The molecule has 1 unspecified atom stereocenters. The smallest absolute Gasteiger partial charge is 0.259 e. The molecule has 2 aromatic heterocycles. The van der Waals surface area contributed by atoms with Gasteiger partial charge in [0, 0.05) is 18.3 Å². The monoisotopic (exact) mass is 392 g/mol. The van der Waals surface area contributed by atoms with Crippen LogP contribution in [-0.4, -0.2) is 51.2 Å². The molecule has 0 amide bonds. The van der Waals surface area contributed by atoms with Crippen LogP contribution in [0, 0.1) is 18.3 Å². The molecule has 27 heavy (non-hydrogen) atoms. The Morgan fingerprint density at radius 2 is 1.96 bits per heavy atom. The van der Waals surface area contributed by atoms with E-state index >= 15 is 0 Å². The molecule has 0 aromatic carbocycles. The van der Waals surface area contributed by atoms with Crippen LogP contribution in [0.1, 0.15) is 39.9 Å². The van der Waals surface area contributed by atoms with Gasteiger partial charge in [-0.15, -0.1) is 0 Å². The number of hydrogen-bond acceptors (Lipinski definition) is 7. The molecule has 148 valence electrons. The predicted octanol–water partition coefficient (Wildman–Crippen LogP) is 3.58. The average molecular weight is 392 g/mol. The number of pyridine rings is 1. The van der Waals surface area contributed by atoms with E-state index in [1.807, 2.05) is 17.7 Å². The van der Waals surface area contributed by atoms with Gasteiger partial charge in [-0.1, -0.05) is 0 Å². The summed E-state index contributed by atoms with van der Waals surface area (Å²) in [5, 5.41) is 8.77. The first-order valence-electron chi connectivity index (χ1n) is 9.19. The molecule has 1 N–H and O–H groups in total. The number of hydrogen-bond donors (Lipinski definition) is 1. The van der Waals surface area contributed by atoms with Gasteiger partial charge in [-0.25, -0.2) is 14.3 Å². The number of fused-ring (bicyclic) bond motifs is 1. The highest BCUT2D eigenvalue weighted by molar-refractivity contribution is 7.44. The Labute approximate surface area is 162 Å². The molecule has 2 heterocycles. The zero-order valence-electron chi connectivity index (χ0n) is 16.7. The minimum Gasteiger partial charge on any atom is -0.322 e. The summed E-state index contributed by atoms with van der Waals surface area (Å²) < 4.78 is 16.1. The SMILES string of the molecule is Cc1nc2cnccc2n1NCCOP(OCCC#N)N(C(C)C)C(C)C. The highest BCUT2D eigenvalue weighted by Crippen LogP contribution is 2.45. The third kappa shape index (κ3) is 5.85. The normalized spacial score (nSPS) is 12.9. The Balaban J connectivity index is 1.95. The molecule has 0 saturated heterocycles. The zero-order valence-corrected chi connectivity index (χ0v) is 17.6. The molecule has 0 saturated carbocycles. The number of imidazole rings is 1. The van der Waals surface area contributed by atoms with Crippen molar-refractivity contribution in [2.75, 3.05) is 25.2 Å². The summed E-state index contributed by atoms with van der Waals surface area (Å²) in [5.74, 6) is 0.872. The summed E-state index contributed by atoms with van der Waals surface area (Å²) in [6, 6.07) is 4.62. The molecular formula is C18H29N6O2P. The first-order chi connectivity index (χ1) is 13.0. The Morgan fingerprint density at radius 1 is 1.26 bits per heavy atom. The Hall–Kier alpha value is -1.78. The molecule has 0 spiro atoms. The number of nitrogens with one attached hydrogen (secondary N) is 1. The lowest BCUT2D eigenvalue weighted by Gasteiger charge is -2.35. The van der Waals surface area contributed by atoms with Gasteiger partial charge in [0.1, 0.15) is 11.3 Å². The largest absolute Gasteiger partial charge is 0.322 e. The van der Waals surface area contributed by atoms with E-state index in [1.54, 1.807) is 12.4 Å². The topological polar surface area (TPSA) is 88.2 Å². The van der Waals surface area contributed by atoms with Crippen molar-refractivity contribution >= 4 is 19.6 Å². The van der Waals surface area contributed by atoms with Crippen molar-refractivity contribution in [1.29, 1.82) is 5.26 Å². The van der Waals surface area contributed by atoms with E-state index in [0.29, 0.717) is 38.3 Å². The quantitative estimate of drug-likeness (QED) is 0.462. The van der Waals surface area contributed by atoms with Crippen molar-refractivity contribution in [1.82, 2.24) is 19.3 Å². The Bertz CT molecular complexity index is 750. The van der Waals surface area contributed by atoms with E-state index in [-0.39, 0.29) is 0 Å². The number of nitriles is 1. The first-order valence-corrected chi connectivity index (χ1v) is 10.3. The van der Waals surface area contributed by atoms with E-state index in [4.69, 9.17) is 14.3 Å². The van der Waals surface area contributed by atoms with Gasteiger partial charge in [-0.2, -0.15) is 5.26 Å². The summed E-state index contributed by atoms with van der Waals surface area (Å²) in [6.45, 7) is 11.9. The molecule has 0 bridgehead atoms. The van der Waals surface area contributed by atoms with E-state index in [9.17, 15) is 0 Å². The van der Waals surface area contributed by atoms with E-state index in [1.165, 1.54) is 0 Å². The zero-order chi connectivity index (χ0) is 19.8. The summed E-state index contributed by atoms with van der Waals surface area (Å²) >= 11 is 0. The van der Waals surface area contributed by atoms with Crippen molar-refractivity contribution in [2.45, 2.75) is 53.1 Å². The summed E-state index contributed by atoms with van der Waals surface area (Å²) in [5.41, 5.74) is 5.19. The third-order valence-corrected chi connectivity index (χ3v) is 5.97. The van der Waals surface area contributed by atoms with Gasteiger partial charge in [0.15, 0.2) is 0 Å². The predicted molar refractivity (Wildman–Crippen MR) is 108 cm³/mol. The van der Waals surface area contributed by atoms with Gasteiger partial charge in [0.25, 0.3) is 8.53 Å². The molecule has 2 aromatic rings. The molecule has 8 nitrogen and oxygen atoms in total. The molecule has 1 atom stereocenters. The molecule has 0 fully saturated rings. The molecule has 0 aliphatic carbocycles. The first kappa shape index (κ1) is 21.5. The second-order valence-corrected chi connectivity index (χ2v) is 8.10. The molecule has 0 aliphatic heterocycles. The van der Waals surface area contributed by atoms with Crippen molar-refractivity contribution < 1.29 is 9.05 Å². The lowest BCUT2D eigenvalue weighted by Crippen LogP contribution is -2.34. The number of rotatable bonds is 11. The maximum absolute atomic E-state index is 8.77. The Kier molecular flexibility index (Phi) is 8.39. The standard InChI is InChI=1S/C18H29N6O2P/c1-14(2)24(15(3)4)27(25-11-6-8-19)26-12-10-21-23-16(5)22-17-13-20-9-7-18(17)23/h7,9,13-15,21H,6,10-12H2,1-5H3. The van der Waals surface area contributed by atoms with Crippen LogP contribution in [-0.2, 0) is 9.05 Å². The Morgan fingerprint density at radius 3 is 2.63 bits per heavy atom. The van der Waals surface area contributed by atoms with Crippen LogP contribution < -0.4 is 5.43 Å². The lowest BCUT2D eigenvalue weighted by molar-refractivity contribution is 0.179. The third-order valence-electron chi connectivity index (χ3n) is 3.86. The van der Waals surface area contributed by atoms with Crippen molar-refractivity contribution in [3.63, 3.8) is 0 Å². The second kappa shape index (κ2) is 10.5. The van der Waals surface area contributed by atoms with Crippen molar-refractivity contribution in [3.05, 3.63) is 24.3 Å². The molecule has 2 rings (SSSR count). The van der Waals surface area contributed by atoms with Crippen LogP contribution >= 0.6 is 8.53 Å². The summed E-state index contributed by atoms with van der Waals surface area (Å²) in [7, 11) is -1.22. The van der Waals surface area contributed by atoms with Crippen LogP contribution in [0.3, 0.4) is 0 Å². The van der Waals surface area contributed by atoms with E-state index in [2.05, 4.69) is 53.8 Å². The number of aryl methyl sites for hydroxylation is 1. The van der Waals surface area contributed by atoms with Crippen LogP contribution in [0.15, 0.2) is 18.5 Å². The van der Waals surface area contributed by atoms with Crippen LogP contribution in [0.25, 0.3) is 11.0 Å². The second-order valence-electron chi connectivity index (χ2n) is 6.65. The summed E-state index contributed by atoms with van der Waals surface area (Å²) in [4.78, 5) is 8.59. The minimum atomic E-state index is -1.22. The highest BCUT2D eigenvalue weighted by Gasteiger charge is 2.26. The molecule has 0 aliphatic rings. The van der Waals surface area contributed by atoms with Gasteiger partial charge >= 0.3 is 0 Å². The fourth-order valence-electron chi connectivity index (χ4n) is 2.85. The van der Waals surface area contributed by atoms with Gasteiger partial charge in [-0.05, 0) is 40.7 Å².